The van der Waals surface area contributed by atoms with Gasteiger partial charge in [-0.15, -0.1) is 0 Å². The molecular formula is C14H21NO2. The Hall–Kier alpha value is -1.06. The predicted octanol–water partition coefficient (Wildman–Crippen LogP) is 2.13. The van der Waals surface area contributed by atoms with Gasteiger partial charge in [0.2, 0.25) is 0 Å². The summed E-state index contributed by atoms with van der Waals surface area (Å²) in [6, 6.07) is 5.98. The van der Waals surface area contributed by atoms with Crippen molar-refractivity contribution in [1.29, 1.82) is 0 Å². The molecule has 0 aromatic heterocycles. The maximum Gasteiger partial charge on any atom is 0.115 e. The average Bonchev–Trinajstić information content (AvgIpc) is 2.29. The zero-order valence-electron chi connectivity index (χ0n) is 10.3. The number of phenolic OH excluding ortho intramolecular Hbond substituents is 1. The van der Waals surface area contributed by atoms with Crippen LogP contribution in [-0.4, -0.2) is 22.9 Å². The van der Waals surface area contributed by atoms with Gasteiger partial charge in [0.1, 0.15) is 5.75 Å². The Bertz CT molecular complexity index is 376. The van der Waals surface area contributed by atoms with Crippen molar-refractivity contribution in [2.75, 3.05) is 6.54 Å². The van der Waals surface area contributed by atoms with Gasteiger partial charge < -0.3 is 15.5 Å². The molecule has 0 saturated heterocycles. The van der Waals surface area contributed by atoms with E-state index in [1.807, 2.05) is 19.1 Å². The van der Waals surface area contributed by atoms with Crippen LogP contribution in [0.25, 0.3) is 0 Å². The number of phenols is 1. The third-order valence-electron chi connectivity index (χ3n) is 3.40. The first-order chi connectivity index (χ1) is 8.16. The van der Waals surface area contributed by atoms with E-state index in [2.05, 4.69) is 5.32 Å². The van der Waals surface area contributed by atoms with Gasteiger partial charge in [-0.05, 0) is 62.4 Å². The SMILES string of the molecule is CC(O)CCNC1CCCc2ccc(O)cc21. The van der Waals surface area contributed by atoms with E-state index >= 15 is 0 Å². The lowest BCUT2D eigenvalue weighted by atomic mass is 9.87. The highest BCUT2D eigenvalue weighted by atomic mass is 16.3. The number of hydrogen-bond donors (Lipinski definition) is 3. The third kappa shape index (κ3) is 3.20. The first-order valence-corrected chi connectivity index (χ1v) is 6.40. The summed E-state index contributed by atoms with van der Waals surface area (Å²) < 4.78 is 0. The molecule has 3 heteroatoms. The van der Waals surface area contributed by atoms with Crippen LogP contribution in [0.4, 0.5) is 0 Å². The molecule has 0 saturated carbocycles. The van der Waals surface area contributed by atoms with Crippen LogP contribution in [0.15, 0.2) is 18.2 Å². The van der Waals surface area contributed by atoms with Gasteiger partial charge in [-0.25, -0.2) is 0 Å². The van der Waals surface area contributed by atoms with E-state index in [4.69, 9.17) is 0 Å². The van der Waals surface area contributed by atoms with Crippen LogP contribution in [0.3, 0.4) is 0 Å². The lowest BCUT2D eigenvalue weighted by molar-refractivity contribution is 0.181. The van der Waals surface area contributed by atoms with E-state index in [-0.39, 0.29) is 6.10 Å². The fourth-order valence-electron chi connectivity index (χ4n) is 2.46. The fourth-order valence-corrected chi connectivity index (χ4v) is 2.46. The van der Waals surface area contributed by atoms with Crippen molar-refractivity contribution < 1.29 is 10.2 Å². The van der Waals surface area contributed by atoms with Crippen LogP contribution >= 0.6 is 0 Å². The van der Waals surface area contributed by atoms with Crippen molar-refractivity contribution in [2.24, 2.45) is 0 Å². The molecule has 0 aliphatic heterocycles. The molecule has 17 heavy (non-hydrogen) atoms. The highest BCUT2D eigenvalue weighted by Crippen LogP contribution is 2.31. The van der Waals surface area contributed by atoms with Gasteiger partial charge in [-0.1, -0.05) is 6.07 Å². The van der Waals surface area contributed by atoms with Crippen molar-refractivity contribution in [3.8, 4) is 5.75 Å². The molecule has 0 heterocycles. The molecule has 0 fully saturated rings. The van der Waals surface area contributed by atoms with Gasteiger partial charge >= 0.3 is 0 Å². The minimum atomic E-state index is -0.255. The van der Waals surface area contributed by atoms with E-state index < -0.39 is 0 Å². The highest BCUT2D eigenvalue weighted by molar-refractivity contribution is 5.38. The van der Waals surface area contributed by atoms with Crippen LogP contribution in [0, 0.1) is 0 Å². The van der Waals surface area contributed by atoms with Gasteiger partial charge in [0.05, 0.1) is 6.10 Å². The number of hydrogen-bond acceptors (Lipinski definition) is 3. The summed E-state index contributed by atoms with van der Waals surface area (Å²) in [5, 5.41) is 22.3. The fraction of sp³-hybridized carbons (Fsp3) is 0.571. The number of aryl methyl sites for hydroxylation is 1. The van der Waals surface area contributed by atoms with E-state index in [1.165, 1.54) is 17.5 Å². The van der Waals surface area contributed by atoms with Crippen LogP contribution in [0.5, 0.6) is 5.75 Å². The second-order valence-electron chi connectivity index (χ2n) is 4.92. The molecule has 0 amide bonds. The molecule has 94 valence electrons. The van der Waals surface area contributed by atoms with Gasteiger partial charge in [-0.2, -0.15) is 0 Å². The number of rotatable bonds is 4. The molecule has 3 nitrogen and oxygen atoms in total. The summed E-state index contributed by atoms with van der Waals surface area (Å²) in [4.78, 5) is 0. The van der Waals surface area contributed by atoms with Gasteiger partial charge in [0.15, 0.2) is 0 Å². The predicted molar refractivity (Wildman–Crippen MR) is 68.1 cm³/mol. The molecule has 1 aliphatic carbocycles. The minimum Gasteiger partial charge on any atom is -0.508 e. The van der Waals surface area contributed by atoms with Crippen molar-refractivity contribution in [3.05, 3.63) is 29.3 Å². The molecule has 2 unspecified atom stereocenters. The Morgan fingerprint density at radius 1 is 1.47 bits per heavy atom. The number of benzene rings is 1. The molecule has 0 radical (unpaired) electrons. The number of aliphatic hydroxyl groups is 1. The Morgan fingerprint density at radius 2 is 2.29 bits per heavy atom. The minimum absolute atomic E-state index is 0.255. The Labute approximate surface area is 102 Å². The summed E-state index contributed by atoms with van der Waals surface area (Å²) in [5.41, 5.74) is 2.56. The molecule has 3 N–H and O–H groups in total. The van der Waals surface area contributed by atoms with Crippen molar-refractivity contribution >= 4 is 0 Å². The molecule has 0 bridgehead atoms. The normalized spacial score (nSPS) is 20.9. The lowest BCUT2D eigenvalue weighted by Crippen LogP contribution is -2.27. The van der Waals surface area contributed by atoms with Crippen LogP contribution in [-0.2, 0) is 6.42 Å². The average molecular weight is 235 g/mol. The zero-order chi connectivity index (χ0) is 12.3. The quantitative estimate of drug-likeness (QED) is 0.749. The second kappa shape index (κ2) is 5.52. The summed E-state index contributed by atoms with van der Waals surface area (Å²) in [7, 11) is 0. The molecular weight excluding hydrogens is 214 g/mol. The number of aliphatic hydroxyl groups excluding tert-OH is 1. The first-order valence-electron chi connectivity index (χ1n) is 6.40. The number of fused-ring (bicyclic) bond motifs is 1. The van der Waals surface area contributed by atoms with Gasteiger partial charge in [-0.3, -0.25) is 0 Å². The van der Waals surface area contributed by atoms with Crippen molar-refractivity contribution in [1.82, 2.24) is 5.32 Å². The zero-order valence-corrected chi connectivity index (χ0v) is 10.3. The van der Waals surface area contributed by atoms with E-state index in [0.29, 0.717) is 11.8 Å². The largest absolute Gasteiger partial charge is 0.508 e. The standard InChI is InChI=1S/C14H21NO2/c1-10(16)7-8-15-14-4-2-3-11-5-6-12(17)9-13(11)14/h5-6,9-10,14-17H,2-4,7-8H2,1H3. The van der Waals surface area contributed by atoms with Crippen LogP contribution < -0.4 is 5.32 Å². The van der Waals surface area contributed by atoms with E-state index in [0.717, 1.165) is 25.8 Å². The first kappa shape index (κ1) is 12.4. The highest BCUT2D eigenvalue weighted by Gasteiger charge is 2.19. The van der Waals surface area contributed by atoms with Gasteiger partial charge in [0.25, 0.3) is 0 Å². The molecule has 0 spiro atoms. The maximum absolute atomic E-state index is 9.55. The topological polar surface area (TPSA) is 52.5 Å². The molecule has 1 aliphatic rings. The molecule has 2 atom stereocenters. The van der Waals surface area contributed by atoms with Crippen molar-refractivity contribution in [2.45, 2.75) is 44.8 Å². The Balaban J connectivity index is 2.03. The summed E-state index contributed by atoms with van der Waals surface area (Å²) in [6.07, 6.45) is 3.91. The second-order valence-corrected chi connectivity index (χ2v) is 4.92. The Kier molecular flexibility index (Phi) is 4.02. The molecule has 1 aromatic carbocycles. The number of aromatic hydroxyl groups is 1. The smallest absolute Gasteiger partial charge is 0.115 e. The summed E-state index contributed by atoms with van der Waals surface area (Å²) in [5.74, 6) is 0.341. The monoisotopic (exact) mass is 235 g/mol. The summed E-state index contributed by atoms with van der Waals surface area (Å²) in [6.45, 7) is 2.62. The molecule has 1 aromatic rings. The maximum atomic E-state index is 9.55. The van der Waals surface area contributed by atoms with Crippen LogP contribution in [0.1, 0.15) is 43.4 Å². The van der Waals surface area contributed by atoms with Crippen LogP contribution in [0.2, 0.25) is 0 Å². The van der Waals surface area contributed by atoms with E-state index in [1.54, 1.807) is 6.07 Å². The van der Waals surface area contributed by atoms with E-state index in [9.17, 15) is 10.2 Å². The third-order valence-corrected chi connectivity index (χ3v) is 3.40. The lowest BCUT2D eigenvalue weighted by Gasteiger charge is -2.27. The van der Waals surface area contributed by atoms with Crippen molar-refractivity contribution in [3.63, 3.8) is 0 Å². The Morgan fingerprint density at radius 3 is 3.06 bits per heavy atom. The summed E-state index contributed by atoms with van der Waals surface area (Å²) >= 11 is 0. The molecule has 2 rings (SSSR count). The van der Waals surface area contributed by atoms with Gasteiger partial charge in [0, 0.05) is 6.04 Å². The number of nitrogens with one attached hydrogen (secondary N) is 1.